The molecule has 1 heterocycles. The molecule has 1 aromatic carbocycles. The lowest BCUT2D eigenvalue weighted by Crippen LogP contribution is -2.37. The first-order valence-electron chi connectivity index (χ1n) is 6.57. The van der Waals surface area contributed by atoms with Crippen LogP contribution in [0.4, 0.5) is 0 Å². The van der Waals surface area contributed by atoms with Crippen LogP contribution in [-0.2, 0) is 14.8 Å². The molecule has 0 spiro atoms. The number of carbonyl (C=O) groups is 1. The lowest BCUT2D eigenvalue weighted by atomic mass is 10.0. The molecule has 1 aliphatic rings. The second-order valence-corrected chi connectivity index (χ2v) is 7.23. The molecule has 0 aromatic heterocycles. The highest BCUT2D eigenvalue weighted by Gasteiger charge is 2.42. The molecule has 0 amide bonds. The van der Waals surface area contributed by atoms with Gasteiger partial charge in [-0.15, -0.1) is 0 Å². The summed E-state index contributed by atoms with van der Waals surface area (Å²) in [5.74, 6) is -1.56. The fourth-order valence-corrected chi connectivity index (χ4v) is 4.36. The number of carboxylic acid groups (broad SMARTS) is 1. The number of hydrogen-bond donors (Lipinski definition) is 1. The van der Waals surface area contributed by atoms with Crippen LogP contribution in [0, 0.1) is 19.8 Å². The van der Waals surface area contributed by atoms with E-state index < -0.39 is 28.0 Å². The van der Waals surface area contributed by atoms with Gasteiger partial charge >= 0.3 is 5.97 Å². The van der Waals surface area contributed by atoms with Crippen molar-refractivity contribution in [1.82, 2.24) is 4.31 Å². The summed E-state index contributed by atoms with van der Waals surface area (Å²) < 4.78 is 26.5. The Balaban J connectivity index is 2.36. The predicted octanol–water partition coefficient (Wildman–Crippen LogP) is 1.79. The van der Waals surface area contributed by atoms with E-state index in [-0.39, 0.29) is 11.4 Å². The highest BCUT2D eigenvalue weighted by Crippen LogP contribution is 2.30. The van der Waals surface area contributed by atoms with Gasteiger partial charge in [0.05, 0.1) is 10.8 Å². The predicted molar refractivity (Wildman–Crippen MR) is 75.0 cm³/mol. The van der Waals surface area contributed by atoms with Crippen LogP contribution < -0.4 is 0 Å². The lowest BCUT2D eigenvalue weighted by molar-refractivity contribution is -0.142. The third-order valence-corrected chi connectivity index (χ3v) is 6.08. The quantitative estimate of drug-likeness (QED) is 0.923. The first kappa shape index (κ1) is 15.0. The Labute approximate surface area is 119 Å². The summed E-state index contributed by atoms with van der Waals surface area (Å²) in [6.45, 7) is 5.70. The van der Waals surface area contributed by atoms with Gasteiger partial charge in [-0.3, -0.25) is 4.79 Å². The summed E-state index contributed by atoms with van der Waals surface area (Å²) >= 11 is 0. The largest absolute Gasteiger partial charge is 0.481 e. The number of benzene rings is 1. The van der Waals surface area contributed by atoms with Gasteiger partial charge in [-0.2, -0.15) is 4.31 Å². The number of aryl methyl sites for hydroxylation is 2. The van der Waals surface area contributed by atoms with Crippen LogP contribution in [0.15, 0.2) is 23.1 Å². The van der Waals surface area contributed by atoms with Gasteiger partial charge in [-0.05, 0) is 50.5 Å². The van der Waals surface area contributed by atoms with E-state index in [0.29, 0.717) is 6.42 Å². The Morgan fingerprint density at radius 1 is 1.30 bits per heavy atom. The second-order valence-electron chi connectivity index (χ2n) is 5.34. The number of nitrogens with zero attached hydrogens (tertiary/aromatic N) is 1. The van der Waals surface area contributed by atoms with Crippen LogP contribution in [0.2, 0.25) is 0 Å². The maximum absolute atomic E-state index is 12.6. The van der Waals surface area contributed by atoms with E-state index in [1.165, 1.54) is 4.31 Å². The van der Waals surface area contributed by atoms with Crippen LogP contribution in [0.25, 0.3) is 0 Å². The number of aliphatic carboxylic acids is 1. The standard InChI is InChI=1S/C14H19NO4S/c1-9-4-5-12(8-10(9)2)20(18,19)15-7-6-13(11(15)3)14(16)17/h4-5,8,11,13H,6-7H2,1-3H3,(H,16,17). The monoisotopic (exact) mass is 297 g/mol. The summed E-state index contributed by atoms with van der Waals surface area (Å²) in [5.41, 5.74) is 1.94. The fraction of sp³-hybridized carbons (Fsp3) is 0.500. The normalized spacial score (nSPS) is 23.9. The molecule has 1 aliphatic heterocycles. The van der Waals surface area contributed by atoms with Gasteiger partial charge < -0.3 is 5.11 Å². The second kappa shape index (κ2) is 5.18. The highest BCUT2D eigenvalue weighted by molar-refractivity contribution is 7.89. The summed E-state index contributed by atoms with van der Waals surface area (Å²) in [6, 6.07) is 4.49. The Morgan fingerprint density at radius 3 is 2.45 bits per heavy atom. The van der Waals surface area contributed by atoms with Crippen molar-refractivity contribution in [2.24, 2.45) is 5.92 Å². The molecule has 0 radical (unpaired) electrons. The van der Waals surface area contributed by atoms with Gasteiger partial charge in [0.25, 0.3) is 0 Å². The van der Waals surface area contributed by atoms with E-state index in [4.69, 9.17) is 5.11 Å². The maximum Gasteiger partial charge on any atom is 0.308 e. The van der Waals surface area contributed by atoms with Crippen LogP contribution in [0.1, 0.15) is 24.5 Å². The zero-order valence-electron chi connectivity index (χ0n) is 11.8. The van der Waals surface area contributed by atoms with E-state index >= 15 is 0 Å². The van der Waals surface area contributed by atoms with E-state index in [1.807, 2.05) is 13.8 Å². The molecule has 110 valence electrons. The van der Waals surface area contributed by atoms with E-state index in [9.17, 15) is 13.2 Å². The average Bonchev–Trinajstić information content (AvgIpc) is 2.75. The summed E-state index contributed by atoms with van der Waals surface area (Å²) in [7, 11) is -3.62. The molecule has 1 N–H and O–H groups in total. The van der Waals surface area contributed by atoms with Crippen molar-refractivity contribution < 1.29 is 18.3 Å². The van der Waals surface area contributed by atoms with Gasteiger partial charge in [0, 0.05) is 12.6 Å². The molecule has 6 heteroatoms. The minimum absolute atomic E-state index is 0.235. The van der Waals surface area contributed by atoms with Crippen molar-refractivity contribution in [2.45, 2.75) is 38.1 Å². The van der Waals surface area contributed by atoms with E-state index in [1.54, 1.807) is 25.1 Å². The zero-order chi connectivity index (χ0) is 15.1. The van der Waals surface area contributed by atoms with Crippen molar-refractivity contribution in [1.29, 1.82) is 0 Å². The minimum atomic E-state index is -3.62. The van der Waals surface area contributed by atoms with Crippen molar-refractivity contribution in [2.75, 3.05) is 6.54 Å². The molecule has 20 heavy (non-hydrogen) atoms. The zero-order valence-corrected chi connectivity index (χ0v) is 12.6. The lowest BCUT2D eigenvalue weighted by Gasteiger charge is -2.23. The van der Waals surface area contributed by atoms with Crippen LogP contribution in [0.3, 0.4) is 0 Å². The van der Waals surface area contributed by atoms with Gasteiger partial charge in [0.2, 0.25) is 10.0 Å². The highest BCUT2D eigenvalue weighted by atomic mass is 32.2. The summed E-state index contributed by atoms with van der Waals surface area (Å²) in [5, 5.41) is 9.10. The number of hydrogen-bond acceptors (Lipinski definition) is 3. The van der Waals surface area contributed by atoms with Crippen LogP contribution >= 0.6 is 0 Å². The molecule has 1 fully saturated rings. The van der Waals surface area contributed by atoms with Gasteiger partial charge in [0.1, 0.15) is 0 Å². The smallest absolute Gasteiger partial charge is 0.308 e. The molecular weight excluding hydrogens is 278 g/mol. The van der Waals surface area contributed by atoms with Gasteiger partial charge in [-0.1, -0.05) is 6.07 Å². The molecular formula is C14H19NO4S. The molecule has 1 saturated heterocycles. The molecule has 2 unspecified atom stereocenters. The number of sulfonamides is 1. The summed E-state index contributed by atoms with van der Waals surface area (Å²) in [6.07, 6.45) is 0.362. The van der Waals surface area contributed by atoms with Gasteiger partial charge in [-0.25, -0.2) is 8.42 Å². The molecule has 0 bridgehead atoms. The molecule has 5 nitrogen and oxygen atoms in total. The Kier molecular flexibility index (Phi) is 3.88. The SMILES string of the molecule is Cc1ccc(S(=O)(=O)N2CCC(C(=O)O)C2C)cc1C. The van der Waals surface area contributed by atoms with Crippen molar-refractivity contribution in [3.05, 3.63) is 29.3 Å². The summed E-state index contributed by atoms with van der Waals surface area (Å²) in [4.78, 5) is 11.3. The number of carboxylic acids is 1. The average molecular weight is 297 g/mol. The Hall–Kier alpha value is -1.40. The molecule has 0 aliphatic carbocycles. The van der Waals surface area contributed by atoms with Gasteiger partial charge in [0.15, 0.2) is 0 Å². The Morgan fingerprint density at radius 2 is 1.95 bits per heavy atom. The van der Waals surface area contributed by atoms with E-state index in [0.717, 1.165) is 11.1 Å². The molecule has 0 saturated carbocycles. The first-order valence-corrected chi connectivity index (χ1v) is 8.01. The van der Waals surface area contributed by atoms with Crippen molar-refractivity contribution in [3.63, 3.8) is 0 Å². The Bertz CT molecular complexity index is 639. The first-order chi connectivity index (χ1) is 9.25. The number of rotatable bonds is 3. The molecule has 1 aromatic rings. The van der Waals surface area contributed by atoms with Crippen molar-refractivity contribution >= 4 is 16.0 Å². The van der Waals surface area contributed by atoms with E-state index in [2.05, 4.69) is 0 Å². The third-order valence-electron chi connectivity index (χ3n) is 4.10. The topological polar surface area (TPSA) is 74.7 Å². The third kappa shape index (κ3) is 2.45. The maximum atomic E-state index is 12.6. The van der Waals surface area contributed by atoms with Crippen molar-refractivity contribution in [3.8, 4) is 0 Å². The van der Waals surface area contributed by atoms with Crippen LogP contribution in [-0.4, -0.2) is 36.4 Å². The molecule has 2 rings (SSSR count). The molecule has 2 atom stereocenters. The fourth-order valence-electron chi connectivity index (χ4n) is 2.59. The van der Waals surface area contributed by atoms with Crippen LogP contribution in [0.5, 0.6) is 0 Å². The minimum Gasteiger partial charge on any atom is -0.481 e.